The zero-order valence-corrected chi connectivity index (χ0v) is 39.4. The van der Waals surface area contributed by atoms with Crippen molar-refractivity contribution in [1.29, 1.82) is 0 Å². The van der Waals surface area contributed by atoms with E-state index in [1.807, 2.05) is 66.7 Å². The van der Waals surface area contributed by atoms with Crippen molar-refractivity contribution in [3.05, 3.63) is 202 Å². The maximum absolute atomic E-state index is 15.1. The number of likely N-dealkylation sites (tertiary alicyclic amines) is 1. The number of carbonyl (C=O) groups excluding carboxylic acids is 5. The van der Waals surface area contributed by atoms with Gasteiger partial charge in [0.25, 0.3) is 23.0 Å². The number of carbonyl (C=O) groups is 5. The van der Waals surface area contributed by atoms with Gasteiger partial charge in [0.05, 0.1) is 36.3 Å². The van der Waals surface area contributed by atoms with Crippen LogP contribution in [0, 0.1) is 11.6 Å². The molecule has 0 aliphatic carbocycles. The van der Waals surface area contributed by atoms with Crippen LogP contribution >= 0.6 is 23.5 Å². The van der Waals surface area contributed by atoms with Crippen molar-refractivity contribution in [2.45, 2.75) is 22.6 Å². The molecule has 0 aromatic heterocycles. The van der Waals surface area contributed by atoms with Crippen molar-refractivity contribution < 1.29 is 42.2 Å². The van der Waals surface area contributed by atoms with Gasteiger partial charge in [-0.3, -0.25) is 29.3 Å². The fourth-order valence-corrected chi connectivity index (χ4v) is 10.7. The highest BCUT2D eigenvalue weighted by atomic mass is 32.2. The summed E-state index contributed by atoms with van der Waals surface area (Å²) in [6.45, 7) is 0.258. The Labute approximate surface area is 411 Å². The molecule has 2 N–H and O–H groups in total. The van der Waals surface area contributed by atoms with Crippen LogP contribution in [-0.4, -0.2) is 72.2 Å². The maximum atomic E-state index is 15.1. The van der Waals surface area contributed by atoms with Crippen LogP contribution in [0.3, 0.4) is 0 Å². The molecule has 0 bridgehead atoms. The van der Waals surface area contributed by atoms with Crippen LogP contribution in [0.5, 0.6) is 11.5 Å². The predicted molar refractivity (Wildman–Crippen MR) is 269 cm³/mol. The molecule has 0 saturated carbocycles. The highest BCUT2D eigenvalue weighted by molar-refractivity contribution is 8.18. The third-order valence-electron chi connectivity index (χ3n) is 12.1. The largest absolute Gasteiger partial charge is 0.497 e. The van der Waals surface area contributed by atoms with Gasteiger partial charge in [-0.05, 0) is 130 Å². The van der Waals surface area contributed by atoms with Crippen LogP contribution in [0.4, 0.5) is 13.6 Å². The zero-order chi connectivity index (χ0) is 48.9. The van der Waals surface area contributed by atoms with Gasteiger partial charge in [0.15, 0.2) is 5.78 Å². The number of methoxy groups -OCH3 is 2. The van der Waals surface area contributed by atoms with Crippen molar-refractivity contribution in [2.24, 2.45) is 0 Å². The average Bonchev–Trinajstić information content (AvgIpc) is 3.95. The van der Waals surface area contributed by atoms with Gasteiger partial charge in [0.2, 0.25) is 0 Å². The molecule has 10 nitrogen and oxygen atoms in total. The lowest BCUT2D eigenvalue weighted by atomic mass is 9.93. The van der Waals surface area contributed by atoms with E-state index in [1.54, 1.807) is 73.4 Å². The summed E-state index contributed by atoms with van der Waals surface area (Å²) in [5, 5.41) is 4.55. The van der Waals surface area contributed by atoms with Crippen molar-refractivity contribution in [2.75, 3.05) is 27.3 Å². The summed E-state index contributed by atoms with van der Waals surface area (Å²) in [4.78, 5) is 69.4. The third kappa shape index (κ3) is 10.3. The Kier molecular flexibility index (Phi) is 14.1. The molecular formula is C56H43F2N3O7S2. The van der Waals surface area contributed by atoms with Gasteiger partial charge in [-0.25, -0.2) is 8.78 Å². The van der Waals surface area contributed by atoms with Gasteiger partial charge in [-0.15, -0.1) is 11.8 Å². The molecule has 2 aliphatic rings. The van der Waals surface area contributed by atoms with Crippen LogP contribution < -0.4 is 20.1 Å². The number of rotatable bonds is 14. The van der Waals surface area contributed by atoms with E-state index in [0.29, 0.717) is 29.4 Å². The fraction of sp³-hybridized carbons (Fsp3) is 0.125. The SMILES string of the molecule is COc1ccc(-c2cc(-c3ccccc3)c(S[C@@H]3C[C@@H](CNC(=O)c4ccc(/C=C5\SC(=O)NC5=O)cc4)N(C(=O)c4ccccc4C(=O)c4ccc(F)cc4F)C3)c(-c3ccc(OC)cc3)c2)cc1. The van der Waals surface area contributed by atoms with Gasteiger partial charge < -0.3 is 19.7 Å². The predicted octanol–water partition coefficient (Wildman–Crippen LogP) is 11.3. The molecule has 2 fully saturated rings. The molecule has 14 heteroatoms. The second kappa shape index (κ2) is 20.8. The van der Waals surface area contributed by atoms with E-state index in [4.69, 9.17) is 9.47 Å². The van der Waals surface area contributed by atoms with Crippen molar-refractivity contribution in [3.63, 3.8) is 0 Å². The third-order valence-corrected chi connectivity index (χ3v) is 14.3. The molecule has 0 unspecified atom stereocenters. The number of benzene rings is 7. The van der Waals surface area contributed by atoms with Crippen LogP contribution in [0.2, 0.25) is 0 Å². The van der Waals surface area contributed by atoms with E-state index in [0.717, 1.165) is 67.9 Å². The number of halogens is 2. The highest BCUT2D eigenvalue weighted by Crippen LogP contribution is 2.47. The molecule has 9 rings (SSSR count). The standard InChI is InChI=1S/C56H43F2N3O7S2/c1-67-41-21-16-34(17-22-41)38-27-47(35-8-4-3-5-9-35)52(48(28-38)36-18-23-42(68-2)24-19-36)69-43-30-40(31-59-53(63)37-14-12-33(13-15-37)26-50-54(64)60-56(66)70-50)61(32-43)55(65)45-11-7-6-10-44(45)51(62)46-25-20-39(57)29-49(46)58/h3-29,40,43H,30-32H2,1-2H3,(H,59,63)(H,60,64,66)/b50-26-/t40-,43+/m0/s1. The van der Waals surface area contributed by atoms with E-state index in [9.17, 15) is 28.4 Å². The fourth-order valence-electron chi connectivity index (χ4n) is 8.55. The molecule has 0 spiro atoms. The number of nitrogens with zero attached hydrogens (tertiary/aromatic N) is 1. The first kappa shape index (κ1) is 47.3. The Bertz CT molecular complexity index is 3190. The number of amides is 4. The number of thioether (sulfide) groups is 2. The minimum Gasteiger partial charge on any atom is -0.497 e. The lowest BCUT2D eigenvalue weighted by molar-refractivity contribution is -0.115. The second-order valence-electron chi connectivity index (χ2n) is 16.5. The Morgan fingerprint density at radius 3 is 1.94 bits per heavy atom. The Morgan fingerprint density at radius 2 is 1.33 bits per heavy atom. The summed E-state index contributed by atoms with van der Waals surface area (Å²) in [5.41, 5.74) is 6.34. The van der Waals surface area contributed by atoms with E-state index in [2.05, 4.69) is 34.9 Å². The zero-order valence-electron chi connectivity index (χ0n) is 37.7. The summed E-state index contributed by atoms with van der Waals surface area (Å²) in [7, 11) is 3.25. The molecule has 70 heavy (non-hydrogen) atoms. The van der Waals surface area contributed by atoms with Gasteiger partial charge in [0.1, 0.15) is 23.1 Å². The number of imide groups is 1. The average molecular weight is 972 g/mol. The van der Waals surface area contributed by atoms with Crippen molar-refractivity contribution >= 4 is 58.3 Å². The second-order valence-corrected chi connectivity index (χ2v) is 18.8. The monoisotopic (exact) mass is 971 g/mol. The lowest BCUT2D eigenvalue weighted by Gasteiger charge is -2.26. The summed E-state index contributed by atoms with van der Waals surface area (Å²) in [6, 6.07) is 45.0. The number of ketones is 1. The number of hydrogen-bond donors (Lipinski definition) is 2. The molecule has 7 aromatic carbocycles. The van der Waals surface area contributed by atoms with Crippen LogP contribution in [0.15, 0.2) is 168 Å². The minimum absolute atomic E-state index is 0.0338. The number of hydrogen-bond acceptors (Lipinski definition) is 9. The van der Waals surface area contributed by atoms with E-state index < -0.39 is 46.4 Å². The first-order valence-electron chi connectivity index (χ1n) is 22.2. The summed E-state index contributed by atoms with van der Waals surface area (Å²) < 4.78 is 40.0. The van der Waals surface area contributed by atoms with Gasteiger partial charge in [0, 0.05) is 40.4 Å². The topological polar surface area (TPSA) is 131 Å². The van der Waals surface area contributed by atoms with E-state index in [1.165, 1.54) is 12.1 Å². The smallest absolute Gasteiger partial charge is 0.290 e. The lowest BCUT2D eigenvalue weighted by Crippen LogP contribution is -2.43. The molecule has 2 saturated heterocycles. The van der Waals surface area contributed by atoms with Crippen molar-refractivity contribution in [3.8, 4) is 44.9 Å². The molecule has 2 aliphatic heterocycles. The van der Waals surface area contributed by atoms with Crippen LogP contribution in [0.25, 0.3) is 39.5 Å². The molecule has 0 radical (unpaired) electrons. The minimum atomic E-state index is -1.05. The molecule has 2 heterocycles. The Hall–Kier alpha value is -7.81. The van der Waals surface area contributed by atoms with E-state index in [-0.39, 0.29) is 39.9 Å². The molecular weight excluding hydrogens is 929 g/mol. The molecule has 350 valence electrons. The summed E-state index contributed by atoms with van der Waals surface area (Å²) >= 11 is 2.42. The van der Waals surface area contributed by atoms with Gasteiger partial charge >= 0.3 is 0 Å². The van der Waals surface area contributed by atoms with Crippen molar-refractivity contribution in [1.82, 2.24) is 15.5 Å². The van der Waals surface area contributed by atoms with Gasteiger partial charge in [-0.2, -0.15) is 0 Å². The van der Waals surface area contributed by atoms with Crippen LogP contribution in [-0.2, 0) is 4.79 Å². The maximum Gasteiger partial charge on any atom is 0.290 e. The molecule has 4 amide bonds. The Balaban J connectivity index is 1.08. The van der Waals surface area contributed by atoms with E-state index >= 15 is 4.39 Å². The highest BCUT2D eigenvalue weighted by Gasteiger charge is 2.38. The Morgan fingerprint density at radius 1 is 0.714 bits per heavy atom. The quantitative estimate of drug-likeness (QED) is 0.0808. The van der Waals surface area contributed by atoms with Gasteiger partial charge in [-0.1, -0.05) is 84.9 Å². The first-order valence-corrected chi connectivity index (χ1v) is 23.9. The number of nitrogens with one attached hydrogen (secondary N) is 2. The normalized spacial score (nSPS) is 16.0. The summed E-state index contributed by atoms with van der Waals surface area (Å²) in [5.74, 6) is -2.62. The number of ether oxygens (including phenoxy) is 2. The van der Waals surface area contributed by atoms with Crippen LogP contribution in [0.1, 0.15) is 48.6 Å². The summed E-state index contributed by atoms with van der Waals surface area (Å²) in [6.07, 6.45) is 2.00. The molecule has 2 atom stereocenters. The first-order chi connectivity index (χ1) is 34.0. The molecule has 7 aromatic rings.